The van der Waals surface area contributed by atoms with Crippen LogP contribution in [0.4, 0.5) is 39.3 Å². The number of carboxylic acid groups (broad SMARTS) is 1. The Hall–Kier alpha value is -4.07. The first-order valence-corrected chi connectivity index (χ1v) is 14.2. The second-order valence-corrected chi connectivity index (χ2v) is 12.9. The number of carbonyl (C=O) groups is 2. The van der Waals surface area contributed by atoms with Crippen molar-refractivity contribution in [3.63, 3.8) is 0 Å². The van der Waals surface area contributed by atoms with Crippen LogP contribution in [0, 0.1) is 0 Å². The third-order valence-corrected chi connectivity index (χ3v) is 7.26. The average Bonchev–Trinajstić information content (AvgIpc) is 3.35. The largest absolute Gasteiger partial charge is 0.465 e. The number of alkyl halides is 3. The van der Waals surface area contributed by atoms with Crippen LogP contribution in [-0.4, -0.2) is 63.2 Å². The minimum atomic E-state index is -4.52. The van der Waals surface area contributed by atoms with Crippen LogP contribution in [0.25, 0.3) is 10.6 Å². The van der Waals surface area contributed by atoms with Gasteiger partial charge < -0.3 is 20.9 Å². The molecule has 2 amide bonds. The van der Waals surface area contributed by atoms with Crippen LogP contribution in [0.15, 0.2) is 42.5 Å². The van der Waals surface area contributed by atoms with E-state index < -0.39 is 41.1 Å². The van der Waals surface area contributed by atoms with Crippen molar-refractivity contribution < 1.29 is 32.6 Å². The van der Waals surface area contributed by atoms with Crippen LogP contribution < -0.4 is 16.0 Å². The van der Waals surface area contributed by atoms with E-state index in [0.717, 1.165) is 23.5 Å². The predicted octanol–water partition coefficient (Wildman–Crippen LogP) is 6.98. The molecular formula is C29H37F3N6O4S. The van der Waals surface area contributed by atoms with Gasteiger partial charge in [0, 0.05) is 18.2 Å². The lowest BCUT2D eigenvalue weighted by molar-refractivity contribution is -0.137. The molecule has 0 fully saturated rings. The maximum Gasteiger partial charge on any atom is 0.416 e. The Labute approximate surface area is 252 Å². The highest BCUT2D eigenvalue weighted by Crippen LogP contribution is 2.34. The highest BCUT2D eigenvalue weighted by atomic mass is 32.1. The van der Waals surface area contributed by atoms with E-state index in [1.807, 2.05) is 0 Å². The first-order chi connectivity index (χ1) is 19.8. The second-order valence-electron chi connectivity index (χ2n) is 11.9. The molecule has 43 heavy (non-hydrogen) atoms. The third kappa shape index (κ3) is 8.72. The lowest BCUT2D eigenvalue weighted by Gasteiger charge is -2.41. The molecule has 3 rings (SSSR count). The molecule has 14 heteroatoms. The van der Waals surface area contributed by atoms with E-state index in [9.17, 15) is 27.9 Å². The maximum atomic E-state index is 13.6. The molecule has 0 radical (unpaired) electrons. The molecule has 0 aliphatic rings. The van der Waals surface area contributed by atoms with Crippen molar-refractivity contribution in [3.8, 4) is 10.6 Å². The number of hydrogen-bond acceptors (Lipinski definition) is 8. The van der Waals surface area contributed by atoms with Crippen molar-refractivity contribution in [2.24, 2.45) is 0 Å². The zero-order valence-electron chi connectivity index (χ0n) is 25.1. The number of ether oxygens (including phenoxy) is 1. The van der Waals surface area contributed by atoms with Gasteiger partial charge in [0.25, 0.3) is 0 Å². The molecule has 0 spiro atoms. The van der Waals surface area contributed by atoms with Crippen molar-refractivity contribution >= 4 is 40.0 Å². The Bertz CT molecular complexity index is 1430. The van der Waals surface area contributed by atoms with Gasteiger partial charge in [-0.2, -0.15) is 13.2 Å². The van der Waals surface area contributed by atoms with Gasteiger partial charge >= 0.3 is 18.4 Å². The molecule has 4 N–H and O–H groups in total. The molecule has 0 saturated carbocycles. The molecule has 3 aromatic rings. The van der Waals surface area contributed by atoms with Gasteiger partial charge in [-0.25, -0.2) is 14.5 Å². The van der Waals surface area contributed by atoms with E-state index in [4.69, 9.17) is 10.5 Å². The second kappa shape index (κ2) is 12.7. The summed E-state index contributed by atoms with van der Waals surface area (Å²) >= 11 is 1.10. The molecule has 0 aliphatic heterocycles. The number of aromatic nitrogens is 2. The average molecular weight is 623 g/mol. The maximum absolute atomic E-state index is 13.6. The number of hydrogen-bond donors (Lipinski definition) is 3. The van der Waals surface area contributed by atoms with Crippen LogP contribution in [0.3, 0.4) is 0 Å². The van der Waals surface area contributed by atoms with Gasteiger partial charge in [-0.3, -0.25) is 4.90 Å². The molecule has 0 aliphatic carbocycles. The summed E-state index contributed by atoms with van der Waals surface area (Å²) in [6, 6.07) is 8.86. The SMILES string of the molecule is CNc1cc(-c2nnc(N(C[C@H](Cc3ccc(C(F)(F)F)cc3)N(C(=O)O)C(C)(C)C)C(=O)OC(C)(C)C)s2)ccc1N. The van der Waals surface area contributed by atoms with Crippen molar-refractivity contribution in [3.05, 3.63) is 53.6 Å². The molecular weight excluding hydrogens is 585 g/mol. The van der Waals surface area contributed by atoms with Gasteiger partial charge in [-0.1, -0.05) is 23.5 Å². The molecule has 0 unspecified atom stereocenters. The Morgan fingerprint density at radius 1 is 1.05 bits per heavy atom. The number of anilines is 3. The highest BCUT2D eigenvalue weighted by Gasteiger charge is 2.38. The highest BCUT2D eigenvalue weighted by molar-refractivity contribution is 7.18. The standard InChI is InChI=1S/C29H37F3N6O4S/c1-27(2,3)38(25(39)40)20(14-17-8-11-19(12-9-17)29(30,31)32)16-37(26(41)42-28(4,5)6)24-36-35-23(43-24)18-10-13-21(33)22(15-18)34-7/h8-13,15,20,34H,14,16,33H2,1-7H3,(H,39,40)/t20-/m0/s1. The number of benzene rings is 2. The van der Waals surface area contributed by atoms with Gasteiger partial charge in [0.1, 0.15) is 10.6 Å². The van der Waals surface area contributed by atoms with Crippen molar-refractivity contribution in [2.45, 2.75) is 71.3 Å². The summed E-state index contributed by atoms with van der Waals surface area (Å²) in [7, 11) is 1.73. The normalized spacial score (nSPS) is 12.9. The quantitative estimate of drug-likeness (QED) is 0.229. The zero-order chi connectivity index (χ0) is 32.3. The summed E-state index contributed by atoms with van der Waals surface area (Å²) in [5, 5.41) is 22.4. The fourth-order valence-corrected chi connectivity index (χ4v) is 5.28. The summed E-state index contributed by atoms with van der Waals surface area (Å²) in [5.41, 5.74) is 5.71. The summed E-state index contributed by atoms with van der Waals surface area (Å²) in [4.78, 5) is 28.5. The molecule has 2 aromatic carbocycles. The smallest absolute Gasteiger partial charge is 0.416 e. The van der Waals surface area contributed by atoms with Crippen LogP contribution >= 0.6 is 11.3 Å². The first-order valence-electron chi connectivity index (χ1n) is 13.4. The topological polar surface area (TPSA) is 134 Å². The van der Waals surface area contributed by atoms with Crippen molar-refractivity contribution in [1.82, 2.24) is 15.1 Å². The Morgan fingerprint density at radius 3 is 2.19 bits per heavy atom. The summed E-state index contributed by atoms with van der Waals surface area (Å²) in [6.45, 7) is 9.96. The number of nitrogens with two attached hydrogens (primary N) is 1. The van der Waals surface area contributed by atoms with E-state index in [2.05, 4.69) is 15.5 Å². The Balaban J connectivity index is 2.07. The van der Waals surface area contributed by atoms with Gasteiger partial charge in [0.05, 0.1) is 29.5 Å². The zero-order valence-corrected chi connectivity index (χ0v) is 25.9. The summed E-state index contributed by atoms with van der Waals surface area (Å²) in [6.07, 6.45) is -6.54. The lowest BCUT2D eigenvalue weighted by atomic mass is 9.97. The Morgan fingerprint density at radius 2 is 1.67 bits per heavy atom. The molecule has 0 bridgehead atoms. The molecule has 1 aromatic heterocycles. The number of amides is 2. The van der Waals surface area contributed by atoms with E-state index in [0.29, 0.717) is 27.5 Å². The number of nitrogens with zero attached hydrogens (tertiary/aromatic N) is 4. The van der Waals surface area contributed by atoms with E-state index in [1.165, 1.54) is 21.9 Å². The fourth-order valence-electron chi connectivity index (χ4n) is 4.44. The Kier molecular flexibility index (Phi) is 9.84. The molecule has 1 atom stereocenters. The monoisotopic (exact) mass is 622 g/mol. The van der Waals surface area contributed by atoms with Gasteiger partial charge in [-0.15, -0.1) is 10.2 Å². The predicted molar refractivity (Wildman–Crippen MR) is 161 cm³/mol. The number of nitrogen functional groups attached to an aromatic ring is 1. The van der Waals surface area contributed by atoms with Gasteiger partial charge in [0.2, 0.25) is 5.13 Å². The van der Waals surface area contributed by atoms with E-state index >= 15 is 0 Å². The van der Waals surface area contributed by atoms with Gasteiger partial charge in [-0.05, 0) is 83.9 Å². The van der Waals surface area contributed by atoms with Crippen LogP contribution in [0.5, 0.6) is 0 Å². The summed E-state index contributed by atoms with van der Waals surface area (Å²) in [5.74, 6) is 0. The lowest BCUT2D eigenvalue weighted by Crippen LogP contribution is -2.56. The van der Waals surface area contributed by atoms with Crippen LogP contribution in [0.2, 0.25) is 0 Å². The number of carbonyl (C=O) groups excluding carboxylic acids is 1. The first kappa shape index (κ1) is 33.4. The number of halogens is 3. The van der Waals surface area contributed by atoms with Crippen molar-refractivity contribution in [2.75, 3.05) is 29.5 Å². The fraction of sp³-hybridized carbons (Fsp3) is 0.448. The van der Waals surface area contributed by atoms with Crippen LogP contribution in [0.1, 0.15) is 52.7 Å². The van der Waals surface area contributed by atoms with E-state index in [1.54, 1.807) is 66.8 Å². The summed E-state index contributed by atoms with van der Waals surface area (Å²) < 4.78 is 45.2. The molecule has 0 saturated heterocycles. The molecule has 10 nitrogen and oxygen atoms in total. The minimum Gasteiger partial charge on any atom is -0.465 e. The minimum absolute atomic E-state index is 0.0101. The van der Waals surface area contributed by atoms with Crippen LogP contribution in [-0.2, 0) is 17.3 Å². The molecule has 234 valence electrons. The van der Waals surface area contributed by atoms with Crippen molar-refractivity contribution in [1.29, 1.82) is 0 Å². The third-order valence-electron chi connectivity index (χ3n) is 6.27. The van der Waals surface area contributed by atoms with Gasteiger partial charge in [0.15, 0.2) is 0 Å². The molecule has 1 heterocycles. The number of nitrogens with one attached hydrogen (secondary N) is 1. The van der Waals surface area contributed by atoms with E-state index in [-0.39, 0.29) is 18.1 Å². The number of rotatable bonds is 8.